The molecule has 1 atom stereocenters. The summed E-state index contributed by atoms with van der Waals surface area (Å²) < 4.78 is 21.0. The molecular weight excluding hydrogens is 228 g/mol. The molecule has 0 aliphatic carbocycles. The summed E-state index contributed by atoms with van der Waals surface area (Å²) >= 11 is -1.99. The molecule has 0 fully saturated rings. The van der Waals surface area contributed by atoms with Crippen molar-refractivity contribution in [3.05, 3.63) is 46.4 Å². The lowest BCUT2D eigenvalue weighted by Crippen LogP contribution is -2.13. The molecule has 2 rings (SSSR count). The summed E-state index contributed by atoms with van der Waals surface area (Å²) in [6, 6.07) is 7.72. The van der Waals surface area contributed by atoms with Gasteiger partial charge in [0.05, 0.1) is 10.6 Å². The minimum absolute atomic E-state index is 0.157. The third-order valence-corrected chi connectivity index (χ3v) is 2.82. The predicted octanol–water partition coefficient (Wildman–Crippen LogP) is 1.05. The van der Waals surface area contributed by atoms with Gasteiger partial charge in [-0.1, -0.05) is 0 Å². The molecule has 2 N–H and O–H groups in total. The van der Waals surface area contributed by atoms with Gasteiger partial charge in [-0.2, -0.15) is 0 Å². The van der Waals surface area contributed by atoms with Gasteiger partial charge in [0, 0.05) is 11.8 Å². The SMILES string of the molecule is Cc1cc(=O)n(-c2ccc(S(=O)O)cc2)[nH]1. The Morgan fingerprint density at radius 2 is 1.94 bits per heavy atom. The number of aromatic nitrogens is 2. The lowest BCUT2D eigenvalue weighted by Gasteiger charge is -2.02. The van der Waals surface area contributed by atoms with Crippen LogP contribution in [0.25, 0.3) is 5.69 Å². The zero-order valence-corrected chi connectivity index (χ0v) is 9.32. The number of benzene rings is 1. The van der Waals surface area contributed by atoms with Crippen LogP contribution in [-0.4, -0.2) is 18.5 Å². The number of aromatic amines is 1. The standard InChI is InChI=1S/C10H10N2O3S/c1-7-6-10(13)12(11-7)8-2-4-9(5-3-8)16(14)15/h2-6,11H,1H3,(H,14,15). The highest BCUT2D eigenvalue weighted by atomic mass is 32.2. The summed E-state index contributed by atoms with van der Waals surface area (Å²) in [4.78, 5) is 11.8. The van der Waals surface area contributed by atoms with Gasteiger partial charge >= 0.3 is 0 Å². The van der Waals surface area contributed by atoms with E-state index in [1.54, 1.807) is 19.1 Å². The molecule has 6 heteroatoms. The number of H-pyrrole nitrogens is 1. The maximum atomic E-state index is 11.5. The minimum atomic E-state index is -1.99. The van der Waals surface area contributed by atoms with Gasteiger partial charge in [0.15, 0.2) is 11.1 Å². The molecule has 84 valence electrons. The van der Waals surface area contributed by atoms with E-state index in [1.807, 2.05) is 0 Å². The van der Waals surface area contributed by atoms with Crippen molar-refractivity contribution in [3.8, 4) is 5.69 Å². The molecule has 0 saturated carbocycles. The molecule has 1 heterocycles. The topological polar surface area (TPSA) is 75.1 Å². The van der Waals surface area contributed by atoms with Crippen molar-refractivity contribution in [3.63, 3.8) is 0 Å². The van der Waals surface area contributed by atoms with Crippen molar-refractivity contribution in [2.45, 2.75) is 11.8 Å². The van der Waals surface area contributed by atoms with E-state index in [1.165, 1.54) is 22.9 Å². The fraction of sp³-hybridized carbons (Fsp3) is 0.100. The Morgan fingerprint density at radius 1 is 1.31 bits per heavy atom. The zero-order chi connectivity index (χ0) is 11.7. The Labute approximate surface area is 94.0 Å². The highest BCUT2D eigenvalue weighted by Crippen LogP contribution is 2.09. The second kappa shape index (κ2) is 4.07. The van der Waals surface area contributed by atoms with Gasteiger partial charge in [0.2, 0.25) is 0 Å². The first-order valence-corrected chi connectivity index (χ1v) is 5.68. The summed E-state index contributed by atoms with van der Waals surface area (Å²) in [5.41, 5.74) is 1.24. The van der Waals surface area contributed by atoms with Crippen molar-refractivity contribution in [2.75, 3.05) is 0 Å². The van der Waals surface area contributed by atoms with E-state index >= 15 is 0 Å². The second-order valence-electron chi connectivity index (χ2n) is 3.36. The first kappa shape index (κ1) is 10.8. The highest BCUT2D eigenvalue weighted by Gasteiger charge is 2.04. The van der Waals surface area contributed by atoms with E-state index in [-0.39, 0.29) is 5.56 Å². The maximum absolute atomic E-state index is 11.5. The van der Waals surface area contributed by atoms with Crippen LogP contribution >= 0.6 is 0 Å². The van der Waals surface area contributed by atoms with Crippen molar-refractivity contribution >= 4 is 11.1 Å². The van der Waals surface area contributed by atoms with Gasteiger partial charge in [-0.05, 0) is 31.2 Å². The fourth-order valence-corrected chi connectivity index (χ4v) is 1.79. The van der Waals surface area contributed by atoms with Crippen LogP contribution < -0.4 is 5.56 Å². The molecule has 1 unspecified atom stereocenters. The summed E-state index contributed by atoms with van der Waals surface area (Å²) in [5.74, 6) is 0. The first-order chi connectivity index (χ1) is 7.58. The van der Waals surface area contributed by atoms with Crippen LogP contribution in [0.1, 0.15) is 5.69 Å². The number of nitrogens with one attached hydrogen (secondary N) is 1. The fourth-order valence-electron chi connectivity index (χ4n) is 1.42. The molecule has 0 bridgehead atoms. The van der Waals surface area contributed by atoms with Gasteiger partial charge in [-0.25, -0.2) is 8.89 Å². The molecule has 0 aliphatic heterocycles. The lowest BCUT2D eigenvalue weighted by atomic mass is 10.3. The number of hydrogen-bond acceptors (Lipinski definition) is 2. The Morgan fingerprint density at radius 3 is 2.38 bits per heavy atom. The summed E-state index contributed by atoms with van der Waals surface area (Å²) in [6.45, 7) is 1.79. The van der Waals surface area contributed by atoms with Crippen molar-refractivity contribution in [1.82, 2.24) is 9.78 Å². The Hall–Kier alpha value is -1.66. The highest BCUT2D eigenvalue weighted by molar-refractivity contribution is 7.79. The van der Waals surface area contributed by atoms with Crippen LogP contribution in [-0.2, 0) is 11.1 Å². The largest absolute Gasteiger partial charge is 0.302 e. The van der Waals surface area contributed by atoms with Crippen molar-refractivity contribution in [2.24, 2.45) is 0 Å². The first-order valence-electron chi connectivity index (χ1n) is 4.58. The molecule has 2 aromatic rings. The zero-order valence-electron chi connectivity index (χ0n) is 8.51. The van der Waals surface area contributed by atoms with E-state index in [0.29, 0.717) is 10.6 Å². The maximum Gasteiger partial charge on any atom is 0.271 e. The Balaban J connectivity index is 2.46. The Bertz CT molecular complexity index is 583. The predicted molar refractivity (Wildman–Crippen MR) is 60.2 cm³/mol. The molecule has 5 nitrogen and oxygen atoms in total. The van der Waals surface area contributed by atoms with Gasteiger partial charge in [-0.15, -0.1) is 0 Å². The van der Waals surface area contributed by atoms with E-state index in [4.69, 9.17) is 4.55 Å². The van der Waals surface area contributed by atoms with Crippen LogP contribution in [0.3, 0.4) is 0 Å². The smallest absolute Gasteiger partial charge is 0.271 e. The number of hydrogen-bond donors (Lipinski definition) is 2. The van der Waals surface area contributed by atoms with Gasteiger partial charge < -0.3 is 4.55 Å². The van der Waals surface area contributed by atoms with Crippen LogP contribution in [0, 0.1) is 6.92 Å². The third kappa shape index (κ3) is 1.98. The molecule has 0 aliphatic rings. The summed E-state index contributed by atoms with van der Waals surface area (Å²) in [6.07, 6.45) is 0. The number of aryl methyl sites for hydroxylation is 1. The van der Waals surface area contributed by atoms with Crippen LogP contribution in [0.4, 0.5) is 0 Å². The number of nitrogens with zero attached hydrogens (tertiary/aromatic N) is 1. The number of rotatable bonds is 2. The van der Waals surface area contributed by atoms with Crippen LogP contribution in [0.2, 0.25) is 0 Å². The second-order valence-corrected chi connectivity index (χ2v) is 4.33. The quantitative estimate of drug-likeness (QED) is 0.768. The molecule has 0 saturated heterocycles. The molecule has 16 heavy (non-hydrogen) atoms. The van der Waals surface area contributed by atoms with E-state index < -0.39 is 11.1 Å². The minimum Gasteiger partial charge on any atom is -0.302 e. The van der Waals surface area contributed by atoms with Crippen LogP contribution in [0.5, 0.6) is 0 Å². The van der Waals surface area contributed by atoms with Crippen molar-refractivity contribution in [1.29, 1.82) is 0 Å². The van der Waals surface area contributed by atoms with Crippen molar-refractivity contribution < 1.29 is 8.76 Å². The molecular formula is C10H10N2O3S. The van der Waals surface area contributed by atoms with Gasteiger partial charge in [0.25, 0.3) is 5.56 Å². The Kier molecular flexibility index (Phi) is 2.76. The van der Waals surface area contributed by atoms with E-state index in [0.717, 1.165) is 5.69 Å². The summed E-state index contributed by atoms with van der Waals surface area (Å²) in [5, 5.41) is 2.88. The molecule has 0 amide bonds. The summed E-state index contributed by atoms with van der Waals surface area (Å²) in [7, 11) is 0. The van der Waals surface area contributed by atoms with Gasteiger partial charge in [0.1, 0.15) is 0 Å². The molecule has 1 aromatic carbocycles. The van der Waals surface area contributed by atoms with Crippen LogP contribution in [0.15, 0.2) is 40.0 Å². The molecule has 0 spiro atoms. The normalized spacial score (nSPS) is 12.6. The molecule has 1 aromatic heterocycles. The average molecular weight is 238 g/mol. The van der Waals surface area contributed by atoms with E-state index in [9.17, 15) is 9.00 Å². The average Bonchev–Trinajstić information content (AvgIpc) is 2.58. The van der Waals surface area contributed by atoms with Gasteiger partial charge in [-0.3, -0.25) is 9.89 Å². The lowest BCUT2D eigenvalue weighted by molar-refractivity contribution is 0.564. The molecule has 0 radical (unpaired) electrons. The van der Waals surface area contributed by atoms with E-state index in [2.05, 4.69) is 5.10 Å². The third-order valence-electron chi connectivity index (χ3n) is 2.15. The monoisotopic (exact) mass is 238 g/mol.